The smallest absolute Gasteiger partial charge is 0.317 e. The van der Waals surface area contributed by atoms with Crippen LogP contribution < -0.4 is 5.32 Å². The Morgan fingerprint density at radius 3 is 2.48 bits per heavy atom. The molecule has 1 atom stereocenters. The molecule has 1 heterocycles. The Balaban J connectivity index is 1.97. The van der Waals surface area contributed by atoms with Gasteiger partial charge in [0.05, 0.1) is 18.4 Å². The monoisotopic (exact) mass is 371 g/mol. The summed E-state index contributed by atoms with van der Waals surface area (Å²) in [7, 11) is 0. The number of ether oxygens (including phenoxy) is 2. The first-order valence-corrected chi connectivity index (χ1v) is 9.57. The summed E-state index contributed by atoms with van der Waals surface area (Å²) in [5.41, 5.74) is 1.21. The van der Waals surface area contributed by atoms with Crippen LogP contribution in [-0.2, 0) is 23.9 Å². The van der Waals surface area contributed by atoms with Gasteiger partial charge in [-0.25, -0.2) is 0 Å². The van der Waals surface area contributed by atoms with Gasteiger partial charge in [0, 0.05) is 12.0 Å². The number of hydrogen-bond donors (Lipinski definition) is 1. The second kappa shape index (κ2) is 8.84. The zero-order valence-electron chi connectivity index (χ0n) is 15.5. The second-order valence-electron chi connectivity index (χ2n) is 6.87. The van der Waals surface area contributed by atoms with Crippen molar-refractivity contribution >= 4 is 23.4 Å². The SMILES string of the molecule is CCOC(=O)[C@@H]1CC(OC2CCCCC2)=C(c2ccccc2)NC(=O)C1=O. The normalized spacial score (nSPS) is 21.4. The molecule has 144 valence electrons. The lowest BCUT2D eigenvalue weighted by molar-refractivity contribution is -0.154. The predicted octanol–water partition coefficient (Wildman–Crippen LogP) is 2.97. The maximum atomic E-state index is 12.5. The number of esters is 1. The van der Waals surface area contributed by atoms with Gasteiger partial charge in [-0.2, -0.15) is 0 Å². The molecule has 0 radical (unpaired) electrons. The molecule has 0 spiro atoms. The average molecular weight is 371 g/mol. The summed E-state index contributed by atoms with van der Waals surface area (Å²) in [5, 5.41) is 2.67. The highest BCUT2D eigenvalue weighted by Gasteiger charge is 2.39. The van der Waals surface area contributed by atoms with E-state index in [-0.39, 0.29) is 19.1 Å². The third-order valence-corrected chi connectivity index (χ3v) is 4.94. The Labute approximate surface area is 158 Å². The highest BCUT2D eigenvalue weighted by molar-refractivity contribution is 6.41. The van der Waals surface area contributed by atoms with E-state index < -0.39 is 23.6 Å². The van der Waals surface area contributed by atoms with Gasteiger partial charge in [-0.05, 0) is 32.6 Å². The van der Waals surface area contributed by atoms with Crippen molar-refractivity contribution in [1.29, 1.82) is 0 Å². The number of hydrogen-bond acceptors (Lipinski definition) is 5. The maximum absolute atomic E-state index is 12.5. The Hall–Kier alpha value is -2.63. The zero-order chi connectivity index (χ0) is 19.2. The largest absolute Gasteiger partial charge is 0.493 e. The van der Waals surface area contributed by atoms with E-state index in [1.165, 1.54) is 6.42 Å². The van der Waals surface area contributed by atoms with Crippen LogP contribution in [0.1, 0.15) is 51.0 Å². The van der Waals surface area contributed by atoms with Crippen LogP contribution in [0.3, 0.4) is 0 Å². The standard InChI is InChI=1S/C21H25NO5/c1-2-26-21(25)16-13-17(27-15-11-7-4-8-12-15)18(22-20(24)19(16)23)14-9-5-3-6-10-14/h3,5-6,9-10,15-16H,2,4,7-8,11-13H2,1H3,(H,22,24)/t16-/m1/s1. The molecule has 0 aromatic heterocycles. The van der Waals surface area contributed by atoms with Gasteiger partial charge >= 0.3 is 5.97 Å². The molecule has 1 aliphatic heterocycles. The fourth-order valence-electron chi connectivity index (χ4n) is 3.55. The van der Waals surface area contributed by atoms with Crippen LogP contribution >= 0.6 is 0 Å². The van der Waals surface area contributed by atoms with Crippen LogP contribution in [-0.4, -0.2) is 30.4 Å². The van der Waals surface area contributed by atoms with Crippen molar-refractivity contribution in [2.24, 2.45) is 5.92 Å². The minimum Gasteiger partial charge on any atom is -0.493 e. The van der Waals surface area contributed by atoms with Crippen LogP contribution in [0.5, 0.6) is 0 Å². The molecule has 0 saturated heterocycles. The van der Waals surface area contributed by atoms with E-state index in [2.05, 4.69) is 5.32 Å². The highest BCUT2D eigenvalue weighted by atomic mass is 16.5. The number of benzene rings is 1. The van der Waals surface area contributed by atoms with Crippen LogP contribution in [0.4, 0.5) is 0 Å². The van der Waals surface area contributed by atoms with E-state index in [9.17, 15) is 14.4 Å². The lowest BCUT2D eigenvalue weighted by Crippen LogP contribution is -2.36. The van der Waals surface area contributed by atoms with E-state index >= 15 is 0 Å². The predicted molar refractivity (Wildman–Crippen MR) is 99.2 cm³/mol. The topological polar surface area (TPSA) is 81.7 Å². The number of nitrogens with one attached hydrogen (secondary N) is 1. The minimum atomic E-state index is -1.18. The van der Waals surface area contributed by atoms with Gasteiger partial charge in [-0.3, -0.25) is 14.4 Å². The van der Waals surface area contributed by atoms with Gasteiger partial charge in [-0.1, -0.05) is 36.8 Å². The molecule has 0 bridgehead atoms. The number of amides is 1. The van der Waals surface area contributed by atoms with E-state index in [0.29, 0.717) is 11.5 Å². The van der Waals surface area contributed by atoms with Gasteiger partial charge in [0.1, 0.15) is 11.7 Å². The molecule has 2 aliphatic rings. The third-order valence-electron chi connectivity index (χ3n) is 4.94. The summed E-state index contributed by atoms with van der Waals surface area (Å²) in [6.07, 6.45) is 5.27. The van der Waals surface area contributed by atoms with Gasteiger partial charge in [-0.15, -0.1) is 0 Å². The minimum absolute atomic E-state index is 0.0249. The van der Waals surface area contributed by atoms with Crippen molar-refractivity contribution in [2.75, 3.05) is 6.61 Å². The molecule has 1 aromatic rings. The van der Waals surface area contributed by atoms with Crippen LogP contribution in [0.2, 0.25) is 0 Å². The number of carbonyl (C=O) groups is 3. The number of ketones is 1. The molecule has 6 heteroatoms. The Morgan fingerprint density at radius 2 is 1.81 bits per heavy atom. The summed E-state index contributed by atoms with van der Waals surface area (Å²) in [6, 6.07) is 9.26. The molecule has 3 rings (SSSR count). The lowest BCUT2D eigenvalue weighted by Gasteiger charge is -2.26. The second-order valence-corrected chi connectivity index (χ2v) is 6.87. The lowest BCUT2D eigenvalue weighted by atomic mass is 9.96. The van der Waals surface area contributed by atoms with Crippen molar-refractivity contribution in [3.63, 3.8) is 0 Å². The van der Waals surface area contributed by atoms with Crippen molar-refractivity contribution in [3.05, 3.63) is 41.7 Å². The van der Waals surface area contributed by atoms with Crippen LogP contribution in [0.15, 0.2) is 36.1 Å². The van der Waals surface area contributed by atoms with E-state index in [0.717, 1.165) is 31.2 Å². The zero-order valence-corrected chi connectivity index (χ0v) is 15.5. The van der Waals surface area contributed by atoms with E-state index in [1.54, 1.807) is 6.92 Å². The van der Waals surface area contributed by atoms with E-state index in [4.69, 9.17) is 9.47 Å². The molecule has 1 fully saturated rings. The molecule has 1 aliphatic carbocycles. The maximum Gasteiger partial charge on any atom is 0.317 e. The summed E-state index contributed by atoms with van der Waals surface area (Å²) in [4.78, 5) is 37.2. The Morgan fingerprint density at radius 1 is 1.11 bits per heavy atom. The molecular weight excluding hydrogens is 346 g/mol. The summed E-state index contributed by atoms with van der Waals surface area (Å²) in [5.74, 6) is -2.98. The first kappa shape index (κ1) is 19.1. The third kappa shape index (κ3) is 4.56. The number of Topliss-reactive ketones (excluding diaryl/α,β-unsaturated/α-hetero) is 1. The summed E-state index contributed by atoms with van der Waals surface area (Å²) in [6.45, 7) is 1.82. The quantitative estimate of drug-likeness (QED) is 0.489. The van der Waals surface area contributed by atoms with Gasteiger partial charge in [0.25, 0.3) is 5.91 Å². The fraction of sp³-hybridized carbons (Fsp3) is 0.476. The molecule has 1 saturated carbocycles. The van der Waals surface area contributed by atoms with Gasteiger partial charge in [0.2, 0.25) is 5.78 Å². The molecule has 6 nitrogen and oxygen atoms in total. The summed E-state index contributed by atoms with van der Waals surface area (Å²) >= 11 is 0. The Bertz CT molecular complexity index is 734. The van der Waals surface area contributed by atoms with E-state index in [1.807, 2.05) is 30.3 Å². The Kier molecular flexibility index (Phi) is 6.27. The fourth-order valence-corrected chi connectivity index (χ4v) is 3.55. The van der Waals surface area contributed by atoms with Gasteiger partial charge < -0.3 is 14.8 Å². The number of rotatable bonds is 5. The molecule has 1 amide bonds. The molecule has 1 aromatic carbocycles. The van der Waals surface area contributed by atoms with Gasteiger partial charge in [0.15, 0.2) is 0 Å². The number of carbonyl (C=O) groups excluding carboxylic acids is 3. The number of allylic oxidation sites excluding steroid dienone is 1. The van der Waals surface area contributed by atoms with Crippen LogP contribution in [0.25, 0.3) is 5.70 Å². The first-order chi connectivity index (χ1) is 13.1. The van der Waals surface area contributed by atoms with Crippen LogP contribution in [0, 0.1) is 5.92 Å². The van der Waals surface area contributed by atoms with Crippen molar-refractivity contribution in [2.45, 2.75) is 51.6 Å². The summed E-state index contributed by atoms with van der Waals surface area (Å²) < 4.78 is 11.3. The van der Waals surface area contributed by atoms with Crippen molar-refractivity contribution in [3.8, 4) is 0 Å². The average Bonchev–Trinajstić information content (AvgIpc) is 2.81. The van der Waals surface area contributed by atoms with Crippen molar-refractivity contribution < 1.29 is 23.9 Å². The molecule has 1 N–H and O–H groups in total. The highest BCUT2D eigenvalue weighted by Crippen LogP contribution is 2.31. The molecular formula is C21H25NO5. The van der Waals surface area contributed by atoms with Crippen molar-refractivity contribution in [1.82, 2.24) is 5.32 Å². The molecule has 0 unspecified atom stereocenters. The first-order valence-electron chi connectivity index (χ1n) is 9.57. The molecule has 27 heavy (non-hydrogen) atoms.